The van der Waals surface area contributed by atoms with Crippen LogP contribution in [0, 0.1) is 5.92 Å². The lowest BCUT2D eigenvalue weighted by molar-refractivity contribution is 0.0670. The maximum atomic E-state index is 12.0. The highest BCUT2D eigenvalue weighted by Crippen LogP contribution is 2.32. The van der Waals surface area contributed by atoms with Crippen LogP contribution in [0.15, 0.2) is 24.3 Å². The molecule has 0 aromatic heterocycles. The second kappa shape index (κ2) is 4.49. The summed E-state index contributed by atoms with van der Waals surface area (Å²) in [6.45, 7) is 2.08. The number of ether oxygens (including phenoxy) is 1. The highest BCUT2D eigenvalue weighted by molar-refractivity contribution is 5.99. The molecular weight excluding hydrogens is 214 g/mol. The van der Waals surface area contributed by atoms with Crippen LogP contribution in [-0.4, -0.2) is 25.0 Å². The first-order valence-electron chi connectivity index (χ1n) is 6.34. The van der Waals surface area contributed by atoms with Gasteiger partial charge in [-0.25, -0.2) is 0 Å². The molecule has 1 atom stereocenters. The number of carbonyl (C=O) groups is 1. The van der Waals surface area contributed by atoms with E-state index < -0.39 is 0 Å². The maximum absolute atomic E-state index is 12.0. The van der Waals surface area contributed by atoms with Crippen LogP contribution in [0.4, 0.5) is 0 Å². The molecule has 2 heterocycles. The first kappa shape index (κ1) is 10.8. The van der Waals surface area contributed by atoms with Crippen LogP contribution in [-0.2, 0) is 0 Å². The van der Waals surface area contributed by atoms with Crippen molar-refractivity contribution in [2.75, 3.05) is 13.1 Å². The Morgan fingerprint density at radius 1 is 1.18 bits per heavy atom. The number of Topliss-reactive ketones (excluding diaryl/α,β-unsaturated/α-hetero) is 1. The van der Waals surface area contributed by atoms with E-state index in [4.69, 9.17) is 4.74 Å². The number of benzene rings is 1. The number of ketones is 1. The fourth-order valence-electron chi connectivity index (χ4n) is 2.78. The van der Waals surface area contributed by atoms with E-state index >= 15 is 0 Å². The van der Waals surface area contributed by atoms with Crippen molar-refractivity contribution in [3.63, 3.8) is 0 Å². The molecule has 0 amide bonds. The first-order chi connectivity index (χ1) is 8.34. The van der Waals surface area contributed by atoms with Gasteiger partial charge in [-0.05, 0) is 44.0 Å². The predicted octanol–water partition coefficient (Wildman–Crippen LogP) is 2.02. The van der Waals surface area contributed by atoms with Crippen molar-refractivity contribution in [1.82, 2.24) is 5.32 Å². The summed E-state index contributed by atoms with van der Waals surface area (Å²) in [6.07, 6.45) is 2.85. The molecule has 90 valence electrons. The van der Waals surface area contributed by atoms with E-state index in [1.54, 1.807) is 0 Å². The zero-order valence-electron chi connectivity index (χ0n) is 9.82. The Morgan fingerprint density at radius 2 is 1.94 bits per heavy atom. The van der Waals surface area contributed by atoms with Gasteiger partial charge in [0.25, 0.3) is 0 Å². The van der Waals surface area contributed by atoms with E-state index in [1.165, 1.54) is 0 Å². The lowest BCUT2D eigenvalue weighted by atomic mass is 9.86. The summed E-state index contributed by atoms with van der Waals surface area (Å²) < 4.78 is 5.99. The summed E-state index contributed by atoms with van der Waals surface area (Å²) in [6, 6.07) is 7.58. The van der Waals surface area contributed by atoms with Gasteiger partial charge in [0.1, 0.15) is 11.9 Å². The van der Waals surface area contributed by atoms with Gasteiger partial charge in [0, 0.05) is 6.42 Å². The summed E-state index contributed by atoms with van der Waals surface area (Å²) in [7, 11) is 0. The molecule has 0 unspecified atom stereocenters. The predicted molar refractivity (Wildman–Crippen MR) is 65.4 cm³/mol. The number of nitrogens with one attached hydrogen (secondary N) is 1. The number of para-hydroxylation sites is 1. The lowest BCUT2D eigenvalue weighted by Gasteiger charge is -2.33. The fraction of sp³-hybridized carbons (Fsp3) is 0.500. The van der Waals surface area contributed by atoms with Crippen molar-refractivity contribution >= 4 is 5.78 Å². The van der Waals surface area contributed by atoms with E-state index in [0.29, 0.717) is 12.3 Å². The van der Waals surface area contributed by atoms with E-state index in [2.05, 4.69) is 5.32 Å². The van der Waals surface area contributed by atoms with Crippen molar-refractivity contribution in [2.24, 2.45) is 5.92 Å². The smallest absolute Gasteiger partial charge is 0.170 e. The van der Waals surface area contributed by atoms with Crippen LogP contribution >= 0.6 is 0 Å². The fourth-order valence-corrected chi connectivity index (χ4v) is 2.78. The van der Waals surface area contributed by atoms with Crippen LogP contribution in [0.2, 0.25) is 0 Å². The highest BCUT2D eigenvalue weighted by Gasteiger charge is 2.32. The Bertz CT molecular complexity index is 424. The molecule has 2 aliphatic rings. The Morgan fingerprint density at radius 3 is 2.76 bits per heavy atom. The minimum atomic E-state index is 0.0829. The molecular formula is C14H17NO2. The molecule has 0 saturated carbocycles. The third kappa shape index (κ3) is 2.07. The number of hydrogen-bond acceptors (Lipinski definition) is 3. The van der Waals surface area contributed by atoms with E-state index in [1.807, 2.05) is 24.3 Å². The molecule has 1 N–H and O–H groups in total. The molecule has 3 rings (SSSR count). The zero-order chi connectivity index (χ0) is 11.7. The largest absolute Gasteiger partial charge is 0.489 e. The van der Waals surface area contributed by atoms with Crippen LogP contribution in [0.1, 0.15) is 29.6 Å². The van der Waals surface area contributed by atoms with Crippen molar-refractivity contribution < 1.29 is 9.53 Å². The highest BCUT2D eigenvalue weighted by atomic mass is 16.5. The molecule has 2 aliphatic heterocycles. The van der Waals surface area contributed by atoms with Crippen LogP contribution in [0.25, 0.3) is 0 Å². The van der Waals surface area contributed by atoms with Gasteiger partial charge in [-0.15, -0.1) is 0 Å². The molecule has 0 spiro atoms. The third-order valence-corrected chi connectivity index (χ3v) is 3.76. The van der Waals surface area contributed by atoms with Crippen LogP contribution in [0.5, 0.6) is 5.75 Å². The number of fused-ring (bicyclic) bond motifs is 1. The van der Waals surface area contributed by atoms with Gasteiger partial charge < -0.3 is 10.1 Å². The van der Waals surface area contributed by atoms with Gasteiger partial charge in [-0.2, -0.15) is 0 Å². The molecule has 0 aliphatic carbocycles. The quantitative estimate of drug-likeness (QED) is 0.803. The van der Waals surface area contributed by atoms with Crippen LogP contribution < -0.4 is 10.1 Å². The zero-order valence-corrected chi connectivity index (χ0v) is 9.82. The molecule has 17 heavy (non-hydrogen) atoms. The molecule has 3 nitrogen and oxygen atoms in total. The molecule has 1 aromatic carbocycles. The Kier molecular flexibility index (Phi) is 2.85. The van der Waals surface area contributed by atoms with Crippen molar-refractivity contribution in [1.29, 1.82) is 0 Å². The number of rotatable bonds is 1. The number of piperidine rings is 1. The summed E-state index contributed by atoms with van der Waals surface area (Å²) in [5.41, 5.74) is 0.748. The van der Waals surface area contributed by atoms with Crippen molar-refractivity contribution in [3.05, 3.63) is 29.8 Å². The SMILES string of the molecule is O=C1C[C@@H](C2CCNCC2)Oc2ccccc21. The second-order valence-electron chi connectivity index (χ2n) is 4.87. The summed E-state index contributed by atoms with van der Waals surface area (Å²) in [5.74, 6) is 1.52. The number of carbonyl (C=O) groups excluding carboxylic acids is 1. The van der Waals surface area contributed by atoms with Gasteiger partial charge in [-0.3, -0.25) is 4.79 Å². The van der Waals surface area contributed by atoms with Gasteiger partial charge >= 0.3 is 0 Å². The average Bonchev–Trinajstić information content (AvgIpc) is 2.40. The lowest BCUT2D eigenvalue weighted by Crippen LogP contribution is -2.39. The maximum Gasteiger partial charge on any atom is 0.170 e. The molecule has 1 fully saturated rings. The van der Waals surface area contributed by atoms with Crippen molar-refractivity contribution in [3.8, 4) is 5.75 Å². The molecule has 0 bridgehead atoms. The summed E-state index contributed by atoms with van der Waals surface area (Å²) in [4.78, 5) is 12.0. The minimum Gasteiger partial charge on any atom is -0.489 e. The normalized spacial score (nSPS) is 25.2. The van der Waals surface area contributed by atoms with Gasteiger partial charge in [0.2, 0.25) is 0 Å². The van der Waals surface area contributed by atoms with Gasteiger partial charge in [0.15, 0.2) is 5.78 Å². The minimum absolute atomic E-state index is 0.0829. The molecule has 1 aromatic rings. The molecule has 0 radical (unpaired) electrons. The first-order valence-corrected chi connectivity index (χ1v) is 6.34. The average molecular weight is 231 g/mol. The van der Waals surface area contributed by atoms with Gasteiger partial charge in [0.05, 0.1) is 5.56 Å². The summed E-state index contributed by atoms with van der Waals surface area (Å²) in [5, 5.41) is 3.34. The Hall–Kier alpha value is -1.35. The Balaban J connectivity index is 1.80. The topological polar surface area (TPSA) is 38.3 Å². The molecule has 1 saturated heterocycles. The van der Waals surface area contributed by atoms with Gasteiger partial charge in [-0.1, -0.05) is 12.1 Å². The second-order valence-corrected chi connectivity index (χ2v) is 4.87. The van der Waals surface area contributed by atoms with E-state index in [-0.39, 0.29) is 11.9 Å². The van der Waals surface area contributed by atoms with Crippen LogP contribution in [0.3, 0.4) is 0 Å². The van der Waals surface area contributed by atoms with E-state index in [9.17, 15) is 4.79 Å². The monoisotopic (exact) mass is 231 g/mol. The van der Waals surface area contributed by atoms with Crippen molar-refractivity contribution in [2.45, 2.75) is 25.4 Å². The third-order valence-electron chi connectivity index (χ3n) is 3.76. The number of hydrogen-bond donors (Lipinski definition) is 1. The molecule has 3 heteroatoms. The Labute approximate surface area is 101 Å². The standard InChI is InChI=1S/C14H17NO2/c16-12-9-14(10-5-7-15-8-6-10)17-13-4-2-1-3-11(12)13/h1-4,10,14-15H,5-9H2/t14-/m0/s1. The summed E-state index contributed by atoms with van der Waals surface area (Å²) >= 11 is 0. The van der Waals surface area contributed by atoms with E-state index in [0.717, 1.165) is 37.2 Å².